The molecule has 0 N–H and O–H groups in total. The lowest BCUT2D eigenvalue weighted by molar-refractivity contribution is -0.119. The Bertz CT molecular complexity index is 876. The van der Waals surface area contributed by atoms with Gasteiger partial charge in [-0.05, 0) is 37.8 Å². The van der Waals surface area contributed by atoms with Crippen LogP contribution >= 0.6 is 11.3 Å². The van der Waals surface area contributed by atoms with Crippen molar-refractivity contribution in [3.8, 4) is 0 Å². The van der Waals surface area contributed by atoms with Crippen molar-refractivity contribution in [2.24, 2.45) is 0 Å². The molecule has 2 aromatic heterocycles. The van der Waals surface area contributed by atoms with E-state index in [4.69, 9.17) is 9.72 Å². The van der Waals surface area contributed by atoms with Gasteiger partial charge >= 0.3 is 0 Å². The maximum Gasteiger partial charge on any atom is 0.250 e. The smallest absolute Gasteiger partial charge is 0.250 e. The fraction of sp³-hybridized carbons (Fsp3) is 0.444. The standard InChI is InChI=1S/C18H21N5O2S/c1-12-5-6-13(2)17-16(12)21-18(26-17)23(8-14-4-3-7-25-14)15(24)9-22-11-19-10-20-22/h5-6,10-11,14H,3-4,7-9H2,1-2H3. The first-order valence-corrected chi connectivity index (χ1v) is 9.54. The SMILES string of the molecule is Cc1ccc(C)c2sc(N(CC3CCCO3)C(=O)Cn3cncn3)nc12. The third-order valence-electron chi connectivity index (χ3n) is 4.64. The molecule has 1 aliphatic rings. The summed E-state index contributed by atoms with van der Waals surface area (Å²) in [7, 11) is 0. The number of amides is 1. The van der Waals surface area contributed by atoms with Gasteiger partial charge in [0.25, 0.3) is 5.91 Å². The zero-order chi connectivity index (χ0) is 18.1. The zero-order valence-corrected chi connectivity index (χ0v) is 15.7. The molecular formula is C18H21N5O2S. The zero-order valence-electron chi connectivity index (χ0n) is 14.9. The molecule has 3 aromatic rings. The van der Waals surface area contributed by atoms with Crippen LogP contribution in [0.4, 0.5) is 5.13 Å². The Hall–Kier alpha value is -2.32. The average Bonchev–Trinajstić information content (AvgIpc) is 3.37. The molecule has 1 aromatic carbocycles. The first-order chi connectivity index (χ1) is 12.6. The number of fused-ring (bicyclic) bond motifs is 1. The minimum atomic E-state index is -0.0552. The number of nitrogens with zero attached hydrogens (tertiary/aromatic N) is 5. The molecule has 1 amide bonds. The summed E-state index contributed by atoms with van der Waals surface area (Å²) in [5.41, 5.74) is 3.26. The molecule has 1 aliphatic heterocycles. The lowest BCUT2D eigenvalue weighted by Gasteiger charge is -2.23. The molecule has 1 unspecified atom stereocenters. The second kappa shape index (κ2) is 7.13. The predicted octanol–water partition coefficient (Wildman–Crippen LogP) is 2.72. The van der Waals surface area contributed by atoms with Gasteiger partial charge in [0.1, 0.15) is 19.2 Å². The molecule has 8 heteroatoms. The van der Waals surface area contributed by atoms with Crippen LogP contribution < -0.4 is 4.90 Å². The Labute approximate surface area is 155 Å². The summed E-state index contributed by atoms with van der Waals surface area (Å²) in [6, 6.07) is 4.17. The minimum Gasteiger partial charge on any atom is -0.376 e. The molecule has 4 rings (SSSR count). The van der Waals surface area contributed by atoms with Crippen LogP contribution in [0.1, 0.15) is 24.0 Å². The van der Waals surface area contributed by atoms with Crippen LogP contribution in [0.15, 0.2) is 24.8 Å². The van der Waals surface area contributed by atoms with Gasteiger partial charge in [0.2, 0.25) is 0 Å². The number of benzene rings is 1. The number of hydrogen-bond donors (Lipinski definition) is 0. The predicted molar refractivity (Wildman–Crippen MR) is 100 cm³/mol. The van der Waals surface area contributed by atoms with Gasteiger partial charge in [-0.3, -0.25) is 9.69 Å². The summed E-state index contributed by atoms with van der Waals surface area (Å²) in [6.45, 7) is 5.54. The molecule has 1 atom stereocenters. The van der Waals surface area contributed by atoms with Crippen molar-refractivity contribution in [1.82, 2.24) is 19.7 Å². The van der Waals surface area contributed by atoms with E-state index in [-0.39, 0.29) is 18.6 Å². The Morgan fingerprint density at radius 1 is 1.38 bits per heavy atom. The van der Waals surface area contributed by atoms with E-state index in [9.17, 15) is 4.79 Å². The number of carbonyl (C=O) groups excluding carboxylic acids is 1. The number of rotatable bonds is 5. The van der Waals surface area contributed by atoms with E-state index >= 15 is 0 Å². The average molecular weight is 371 g/mol. The molecule has 0 saturated carbocycles. The largest absolute Gasteiger partial charge is 0.376 e. The highest BCUT2D eigenvalue weighted by Gasteiger charge is 2.27. The Balaban J connectivity index is 1.68. The van der Waals surface area contributed by atoms with E-state index in [1.54, 1.807) is 22.6 Å². The van der Waals surface area contributed by atoms with Crippen LogP contribution in [-0.4, -0.2) is 44.9 Å². The second-order valence-corrected chi connectivity index (χ2v) is 7.58. The number of aromatic nitrogens is 4. The van der Waals surface area contributed by atoms with Crippen molar-refractivity contribution >= 4 is 32.6 Å². The van der Waals surface area contributed by atoms with Gasteiger partial charge in [-0.2, -0.15) is 5.10 Å². The maximum absolute atomic E-state index is 13.0. The van der Waals surface area contributed by atoms with Gasteiger partial charge in [0, 0.05) is 6.61 Å². The lowest BCUT2D eigenvalue weighted by Crippen LogP contribution is -2.39. The van der Waals surface area contributed by atoms with Crippen molar-refractivity contribution in [1.29, 1.82) is 0 Å². The quantitative estimate of drug-likeness (QED) is 0.689. The van der Waals surface area contributed by atoms with Gasteiger partial charge in [-0.15, -0.1) is 0 Å². The Morgan fingerprint density at radius 2 is 2.23 bits per heavy atom. The van der Waals surface area contributed by atoms with E-state index in [2.05, 4.69) is 29.1 Å². The second-order valence-electron chi connectivity index (χ2n) is 6.61. The maximum atomic E-state index is 13.0. The van der Waals surface area contributed by atoms with Crippen molar-refractivity contribution in [2.75, 3.05) is 18.1 Å². The molecular weight excluding hydrogens is 350 g/mol. The fourth-order valence-electron chi connectivity index (χ4n) is 3.18. The molecule has 7 nitrogen and oxygen atoms in total. The van der Waals surface area contributed by atoms with E-state index in [0.717, 1.165) is 40.4 Å². The van der Waals surface area contributed by atoms with Gasteiger partial charge in [0.15, 0.2) is 5.13 Å². The van der Waals surface area contributed by atoms with Gasteiger partial charge in [-0.1, -0.05) is 23.5 Å². The van der Waals surface area contributed by atoms with E-state index < -0.39 is 0 Å². The number of anilines is 1. The minimum absolute atomic E-state index is 0.0552. The third-order valence-corrected chi connectivity index (χ3v) is 5.85. The highest BCUT2D eigenvalue weighted by atomic mass is 32.1. The van der Waals surface area contributed by atoms with E-state index in [1.807, 2.05) is 6.92 Å². The normalized spacial score (nSPS) is 17.1. The molecule has 0 radical (unpaired) electrons. The highest BCUT2D eigenvalue weighted by Crippen LogP contribution is 2.33. The summed E-state index contributed by atoms with van der Waals surface area (Å²) >= 11 is 1.56. The number of ether oxygens (including phenoxy) is 1. The van der Waals surface area contributed by atoms with Crippen LogP contribution in [-0.2, 0) is 16.1 Å². The molecule has 0 aliphatic carbocycles. The number of aryl methyl sites for hydroxylation is 2. The van der Waals surface area contributed by atoms with Crippen LogP contribution in [0.25, 0.3) is 10.2 Å². The van der Waals surface area contributed by atoms with Crippen molar-refractivity contribution in [3.05, 3.63) is 35.9 Å². The van der Waals surface area contributed by atoms with E-state index in [0.29, 0.717) is 6.54 Å². The van der Waals surface area contributed by atoms with Gasteiger partial charge in [0.05, 0.1) is 22.9 Å². The van der Waals surface area contributed by atoms with Crippen LogP contribution in [0.5, 0.6) is 0 Å². The van der Waals surface area contributed by atoms with E-state index in [1.165, 1.54) is 16.6 Å². The van der Waals surface area contributed by atoms with Crippen LogP contribution in [0, 0.1) is 13.8 Å². The number of hydrogen-bond acceptors (Lipinski definition) is 6. The number of thiazole rings is 1. The first-order valence-electron chi connectivity index (χ1n) is 8.73. The fourth-order valence-corrected chi connectivity index (χ4v) is 4.32. The molecule has 0 bridgehead atoms. The summed E-state index contributed by atoms with van der Waals surface area (Å²) in [5, 5.41) is 4.77. The van der Waals surface area contributed by atoms with Crippen LogP contribution in [0.2, 0.25) is 0 Å². The molecule has 1 fully saturated rings. The summed E-state index contributed by atoms with van der Waals surface area (Å²) in [6.07, 6.45) is 5.05. The third kappa shape index (κ3) is 3.34. The Kier molecular flexibility index (Phi) is 4.69. The molecule has 3 heterocycles. The summed E-state index contributed by atoms with van der Waals surface area (Å²) in [5.74, 6) is -0.0552. The molecule has 0 spiro atoms. The first kappa shape index (κ1) is 17.1. The lowest BCUT2D eigenvalue weighted by atomic mass is 10.1. The molecule has 26 heavy (non-hydrogen) atoms. The highest BCUT2D eigenvalue weighted by molar-refractivity contribution is 7.22. The van der Waals surface area contributed by atoms with Crippen molar-refractivity contribution in [2.45, 2.75) is 39.3 Å². The van der Waals surface area contributed by atoms with Gasteiger partial charge in [-0.25, -0.2) is 14.6 Å². The monoisotopic (exact) mass is 371 g/mol. The van der Waals surface area contributed by atoms with Crippen LogP contribution in [0.3, 0.4) is 0 Å². The Morgan fingerprint density at radius 3 is 2.92 bits per heavy atom. The topological polar surface area (TPSA) is 73.1 Å². The summed E-state index contributed by atoms with van der Waals surface area (Å²) < 4.78 is 8.43. The van der Waals surface area contributed by atoms with Crippen molar-refractivity contribution < 1.29 is 9.53 Å². The number of carbonyl (C=O) groups is 1. The molecule has 1 saturated heterocycles. The van der Waals surface area contributed by atoms with Gasteiger partial charge < -0.3 is 4.74 Å². The van der Waals surface area contributed by atoms with Crippen molar-refractivity contribution in [3.63, 3.8) is 0 Å². The molecule has 136 valence electrons. The summed E-state index contributed by atoms with van der Waals surface area (Å²) in [4.78, 5) is 23.4.